The fourth-order valence-corrected chi connectivity index (χ4v) is 2.07. The molecule has 1 atom stereocenters. The monoisotopic (exact) mass is 181 g/mol. The molecule has 1 heterocycles. The molecule has 0 aliphatic heterocycles. The van der Waals surface area contributed by atoms with E-state index in [0.29, 0.717) is 17.4 Å². The second-order valence-corrected chi connectivity index (χ2v) is 4.54. The van der Waals surface area contributed by atoms with Gasteiger partial charge in [-0.25, -0.2) is 4.68 Å². The number of nitrogens with zero attached hydrogens (tertiary/aromatic N) is 4. The number of anilines is 1. The third-order valence-electron chi connectivity index (χ3n) is 2.81. The second-order valence-electron chi connectivity index (χ2n) is 4.54. The molecular weight excluding hydrogens is 166 g/mol. The van der Waals surface area contributed by atoms with E-state index in [1.807, 2.05) is 0 Å². The minimum atomic E-state index is 0.394. The minimum Gasteiger partial charge on any atom is -0.367 e. The molecule has 1 fully saturated rings. The van der Waals surface area contributed by atoms with Crippen molar-refractivity contribution in [3.05, 3.63) is 0 Å². The van der Waals surface area contributed by atoms with E-state index in [0.717, 1.165) is 12.8 Å². The smallest absolute Gasteiger partial charge is 0.240 e. The van der Waals surface area contributed by atoms with Crippen molar-refractivity contribution < 1.29 is 0 Å². The molecule has 1 saturated carbocycles. The highest BCUT2D eigenvalue weighted by Crippen LogP contribution is 2.43. The lowest BCUT2D eigenvalue weighted by Gasteiger charge is -2.16. The van der Waals surface area contributed by atoms with E-state index in [1.165, 1.54) is 6.42 Å². The van der Waals surface area contributed by atoms with Crippen molar-refractivity contribution >= 4 is 5.95 Å². The van der Waals surface area contributed by atoms with Gasteiger partial charge in [0.05, 0.1) is 6.04 Å². The van der Waals surface area contributed by atoms with Crippen LogP contribution in [0.25, 0.3) is 0 Å². The molecule has 0 bridgehead atoms. The van der Waals surface area contributed by atoms with Crippen molar-refractivity contribution in [2.45, 2.75) is 39.2 Å². The Morgan fingerprint density at radius 1 is 1.54 bits per heavy atom. The first kappa shape index (κ1) is 8.47. The van der Waals surface area contributed by atoms with Crippen molar-refractivity contribution in [2.24, 2.45) is 5.41 Å². The van der Waals surface area contributed by atoms with E-state index in [2.05, 4.69) is 29.4 Å². The minimum absolute atomic E-state index is 0.394. The van der Waals surface area contributed by atoms with Crippen LogP contribution >= 0.6 is 0 Å². The van der Waals surface area contributed by atoms with Crippen molar-refractivity contribution in [3.8, 4) is 0 Å². The Morgan fingerprint density at radius 3 is 2.77 bits per heavy atom. The van der Waals surface area contributed by atoms with Gasteiger partial charge >= 0.3 is 0 Å². The maximum atomic E-state index is 5.64. The topological polar surface area (TPSA) is 69.6 Å². The number of hydrogen-bond donors (Lipinski definition) is 1. The Bertz CT molecular complexity index is 303. The van der Waals surface area contributed by atoms with Crippen LogP contribution in [0.2, 0.25) is 0 Å². The van der Waals surface area contributed by atoms with Gasteiger partial charge in [0.1, 0.15) is 0 Å². The zero-order valence-electron chi connectivity index (χ0n) is 8.06. The van der Waals surface area contributed by atoms with E-state index in [-0.39, 0.29) is 0 Å². The summed E-state index contributed by atoms with van der Waals surface area (Å²) in [5, 5.41) is 11.1. The largest absolute Gasteiger partial charge is 0.367 e. The normalized spacial score (nSPS) is 26.5. The zero-order valence-corrected chi connectivity index (χ0v) is 8.06. The Kier molecular flexibility index (Phi) is 1.75. The molecule has 1 unspecified atom stereocenters. The molecule has 1 aliphatic carbocycles. The van der Waals surface area contributed by atoms with Gasteiger partial charge in [-0.1, -0.05) is 18.9 Å². The predicted molar refractivity (Wildman–Crippen MR) is 48.9 cm³/mol. The Balaban J connectivity index is 2.17. The summed E-state index contributed by atoms with van der Waals surface area (Å²) < 4.78 is 1.74. The molecular formula is C8H15N5. The molecule has 5 nitrogen and oxygen atoms in total. The van der Waals surface area contributed by atoms with Gasteiger partial charge in [-0.2, -0.15) is 0 Å². The Labute approximate surface area is 77.3 Å². The van der Waals surface area contributed by atoms with Crippen LogP contribution in [0, 0.1) is 5.41 Å². The molecule has 2 N–H and O–H groups in total. The van der Waals surface area contributed by atoms with E-state index in [4.69, 9.17) is 5.73 Å². The van der Waals surface area contributed by atoms with Crippen molar-refractivity contribution in [1.29, 1.82) is 0 Å². The highest BCUT2D eigenvalue weighted by atomic mass is 15.6. The van der Waals surface area contributed by atoms with Crippen molar-refractivity contribution in [3.63, 3.8) is 0 Å². The van der Waals surface area contributed by atoms with Gasteiger partial charge < -0.3 is 5.73 Å². The van der Waals surface area contributed by atoms with Gasteiger partial charge in [-0.3, -0.25) is 0 Å². The molecule has 1 aromatic heterocycles. The number of tetrazole rings is 1. The van der Waals surface area contributed by atoms with Crippen LogP contribution < -0.4 is 5.73 Å². The molecule has 72 valence electrons. The lowest BCUT2D eigenvalue weighted by molar-refractivity contribution is 0.349. The number of rotatable bonds is 1. The number of nitrogen functional groups attached to an aromatic ring is 1. The van der Waals surface area contributed by atoms with Crippen LogP contribution in [0.15, 0.2) is 0 Å². The van der Waals surface area contributed by atoms with Gasteiger partial charge in [0.15, 0.2) is 0 Å². The van der Waals surface area contributed by atoms with Gasteiger partial charge in [0.2, 0.25) is 5.95 Å². The second kappa shape index (κ2) is 2.68. The van der Waals surface area contributed by atoms with Crippen LogP contribution in [0.1, 0.15) is 39.2 Å². The maximum Gasteiger partial charge on any atom is 0.240 e. The Hall–Kier alpha value is -1.13. The third kappa shape index (κ3) is 1.50. The predicted octanol–water partition coefficient (Wildman–Crippen LogP) is 1.01. The zero-order chi connectivity index (χ0) is 9.47. The van der Waals surface area contributed by atoms with E-state index < -0.39 is 0 Å². The Morgan fingerprint density at radius 2 is 2.31 bits per heavy atom. The molecule has 1 aromatic rings. The number of aromatic nitrogens is 4. The fraction of sp³-hybridized carbons (Fsp3) is 0.875. The molecule has 0 aromatic carbocycles. The van der Waals surface area contributed by atoms with Gasteiger partial charge in [-0.05, 0) is 35.1 Å². The van der Waals surface area contributed by atoms with Crippen LogP contribution in [0.4, 0.5) is 5.95 Å². The first-order valence-corrected chi connectivity index (χ1v) is 4.62. The van der Waals surface area contributed by atoms with Crippen LogP contribution in [-0.2, 0) is 0 Å². The van der Waals surface area contributed by atoms with Gasteiger partial charge in [0.25, 0.3) is 0 Å². The quantitative estimate of drug-likeness (QED) is 0.701. The van der Waals surface area contributed by atoms with Gasteiger partial charge in [-0.15, -0.1) is 0 Å². The average molecular weight is 181 g/mol. The molecule has 2 rings (SSSR count). The first-order valence-electron chi connectivity index (χ1n) is 4.62. The lowest BCUT2D eigenvalue weighted by atomic mass is 9.92. The highest BCUT2D eigenvalue weighted by molar-refractivity contribution is 5.12. The maximum absolute atomic E-state index is 5.64. The van der Waals surface area contributed by atoms with Crippen molar-refractivity contribution in [1.82, 2.24) is 20.2 Å². The summed E-state index contributed by atoms with van der Waals surface area (Å²) in [7, 11) is 0. The van der Waals surface area contributed by atoms with E-state index in [1.54, 1.807) is 4.68 Å². The molecule has 0 saturated heterocycles. The lowest BCUT2D eigenvalue weighted by Crippen LogP contribution is -2.13. The van der Waals surface area contributed by atoms with Crippen LogP contribution in [0.5, 0.6) is 0 Å². The van der Waals surface area contributed by atoms with Crippen molar-refractivity contribution in [2.75, 3.05) is 5.73 Å². The highest BCUT2D eigenvalue weighted by Gasteiger charge is 2.33. The molecule has 1 aliphatic rings. The standard InChI is InChI=1S/C8H15N5/c1-8(2)4-3-6(5-8)13-7(9)10-11-12-13/h6H,3-5H2,1-2H3,(H2,9,10,12). The molecule has 0 spiro atoms. The molecule has 0 amide bonds. The summed E-state index contributed by atoms with van der Waals surface area (Å²) in [4.78, 5) is 0. The molecule has 13 heavy (non-hydrogen) atoms. The number of hydrogen-bond acceptors (Lipinski definition) is 4. The molecule has 0 radical (unpaired) electrons. The third-order valence-corrected chi connectivity index (χ3v) is 2.81. The SMILES string of the molecule is CC1(C)CCC(n2nnnc2N)C1. The summed E-state index contributed by atoms with van der Waals surface area (Å²) in [6.07, 6.45) is 3.46. The summed E-state index contributed by atoms with van der Waals surface area (Å²) in [6.45, 7) is 4.54. The average Bonchev–Trinajstić information content (AvgIpc) is 2.56. The van der Waals surface area contributed by atoms with E-state index in [9.17, 15) is 0 Å². The summed E-state index contributed by atoms with van der Waals surface area (Å²) in [6, 6.07) is 0.394. The van der Waals surface area contributed by atoms with E-state index >= 15 is 0 Å². The number of nitrogens with two attached hydrogens (primary N) is 1. The summed E-state index contributed by atoms with van der Waals surface area (Å²) >= 11 is 0. The van der Waals surface area contributed by atoms with Gasteiger partial charge in [0, 0.05) is 0 Å². The van der Waals surface area contributed by atoms with Crippen LogP contribution in [-0.4, -0.2) is 20.2 Å². The molecule has 5 heteroatoms. The first-order chi connectivity index (χ1) is 6.08. The summed E-state index contributed by atoms with van der Waals surface area (Å²) in [5.74, 6) is 0.433. The summed E-state index contributed by atoms with van der Waals surface area (Å²) in [5.41, 5.74) is 6.04. The van der Waals surface area contributed by atoms with Crippen LogP contribution in [0.3, 0.4) is 0 Å². The fourth-order valence-electron chi connectivity index (χ4n) is 2.07.